The van der Waals surface area contributed by atoms with Crippen LogP contribution >= 0.6 is 11.3 Å². The van der Waals surface area contributed by atoms with Crippen LogP contribution in [0.5, 0.6) is 0 Å². The fourth-order valence-electron chi connectivity index (χ4n) is 2.03. The topological polar surface area (TPSA) is 29.1 Å². The highest BCUT2D eigenvalue weighted by Gasteiger charge is 2.15. The van der Waals surface area contributed by atoms with Crippen molar-refractivity contribution in [2.75, 3.05) is 0 Å². The van der Waals surface area contributed by atoms with Crippen molar-refractivity contribution in [3.63, 3.8) is 0 Å². The Labute approximate surface area is 124 Å². The van der Waals surface area contributed by atoms with Crippen LogP contribution in [0, 0.1) is 0 Å². The largest absolute Gasteiger partial charge is 0.345 e. The lowest BCUT2D eigenvalue weighted by Crippen LogP contribution is -2.26. The lowest BCUT2D eigenvalue weighted by atomic mass is 9.86. The molecule has 106 valence electrons. The second-order valence-electron chi connectivity index (χ2n) is 6.08. The first-order valence-electron chi connectivity index (χ1n) is 6.81. The summed E-state index contributed by atoms with van der Waals surface area (Å²) in [6.07, 6.45) is 0. The predicted molar refractivity (Wildman–Crippen MR) is 85.3 cm³/mol. The summed E-state index contributed by atoms with van der Waals surface area (Å²) >= 11 is 1.53. The second-order valence-corrected chi connectivity index (χ2v) is 6.86. The fourth-order valence-corrected chi connectivity index (χ4v) is 2.66. The van der Waals surface area contributed by atoms with Crippen LogP contribution in [0.15, 0.2) is 41.1 Å². The lowest BCUT2D eigenvalue weighted by molar-refractivity contribution is 0.0940. The number of nitrogens with one attached hydrogen (secondary N) is 1. The molecule has 1 N–H and O–H groups in total. The van der Waals surface area contributed by atoms with Gasteiger partial charge >= 0.3 is 0 Å². The van der Waals surface area contributed by atoms with Gasteiger partial charge in [-0.3, -0.25) is 4.79 Å². The molecule has 2 rings (SSSR count). The molecule has 0 radical (unpaired) electrons. The molecule has 0 bridgehead atoms. The molecule has 0 aliphatic rings. The average Bonchev–Trinajstić information content (AvgIpc) is 2.91. The van der Waals surface area contributed by atoms with Crippen LogP contribution in [0.4, 0.5) is 0 Å². The van der Waals surface area contributed by atoms with Gasteiger partial charge in [-0.05, 0) is 34.9 Å². The predicted octanol–water partition coefficient (Wildman–Crippen LogP) is 4.54. The van der Waals surface area contributed by atoms with Gasteiger partial charge in [-0.2, -0.15) is 11.3 Å². The zero-order valence-electron chi connectivity index (χ0n) is 12.4. The molecule has 2 nitrogen and oxygen atoms in total. The highest BCUT2D eigenvalue weighted by Crippen LogP contribution is 2.24. The maximum absolute atomic E-state index is 12.0. The number of benzene rings is 1. The summed E-state index contributed by atoms with van der Waals surface area (Å²) in [5.41, 5.74) is 3.31. The third kappa shape index (κ3) is 3.48. The number of amides is 1. The van der Waals surface area contributed by atoms with Crippen molar-refractivity contribution in [1.82, 2.24) is 5.32 Å². The molecule has 1 amide bonds. The number of rotatable bonds is 3. The van der Waals surface area contributed by atoms with Gasteiger partial charge in [-0.25, -0.2) is 0 Å². The van der Waals surface area contributed by atoms with E-state index in [1.54, 1.807) is 0 Å². The average molecular weight is 287 g/mol. The maximum Gasteiger partial charge on any atom is 0.252 e. The summed E-state index contributed by atoms with van der Waals surface area (Å²) in [5, 5.41) is 6.80. The number of hydrogen-bond donors (Lipinski definition) is 1. The molecule has 3 heteroatoms. The smallest absolute Gasteiger partial charge is 0.252 e. The minimum atomic E-state index is -0.0151. The van der Waals surface area contributed by atoms with Gasteiger partial charge in [-0.1, -0.05) is 45.0 Å². The standard InChI is InChI=1S/C17H21NOS/c1-12(18-16(19)14-9-10-20-11-14)13-5-7-15(8-6-13)17(2,3)4/h5-12H,1-4H3,(H,18,19). The van der Waals surface area contributed by atoms with Crippen LogP contribution in [0.3, 0.4) is 0 Å². The van der Waals surface area contributed by atoms with Crippen molar-refractivity contribution in [1.29, 1.82) is 0 Å². The van der Waals surface area contributed by atoms with Gasteiger partial charge in [0.25, 0.3) is 5.91 Å². The zero-order chi connectivity index (χ0) is 14.8. The van der Waals surface area contributed by atoms with E-state index in [4.69, 9.17) is 0 Å². The van der Waals surface area contributed by atoms with E-state index in [0.29, 0.717) is 0 Å². The third-order valence-electron chi connectivity index (χ3n) is 3.41. The van der Waals surface area contributed by atoms with E-state index in [-0.39, 0.29) is 17.4 Å². The highest BCUT2D eigenvalue weighted by atomic mass is 32.1. The lowest BCUT2D eigenvalue weighted by Gasteiger charge is -2.20. The molecule has 20 heavy (non-hydrogen) atoms. The summed E-state index contributed by atoms with van der Waals surface area (Å²) < 4.78 is 0. The van der Waals surface area contributed by atoms with Crippen LogP contribution in [0.2, 0.25) is 0 Å². The second kappa shape index (κ2) is 5.80. The first kappa shape index (κ1) is 14.8. The van der Waals surface area contributed by atoms with Gasteiger partial charge in [0.15, 0.2) is 0 Å². The van der Waals surface area contributed by atoms with E-state index in [0.717, 1.165) is 11.1 Å². The van der Waals surface area contributed by atoms with E-state index in [9.17, 15) is 4.79 Å². The monoisotopic (exact) mass is 287 g/mol. The molecular weight excluding hydrogens is 266 g/mol. The summed E-state index contributed by atoms with van der Waals surface area (Å²) in [5.74, 6) is -0.0151. The third-order valence-corrected chi connectivity index (χ3v) is 4.09. The molecule has 0 aliphatic carbocycles. The molecule has 0 fully saturated rings. The van der Waals surface area contributed by atoms with E-state index < -0.39 is 0 Å². The first-order valence-corrected chi connectivity index (χ1v) is 7.76. The Morgan fingerprint density at radius 2 is 1.80 bits per heavy atom. The van der Waals surface area contributed by atoms with Crippen molar-refractivity contribution in [3.05, 3.63) is 57.8 Å². The first-order chi connectivity index (χ1) is 9.38. The molecule has 0 saturated heterocycles. The van der Waals surface area contributed by atoms with Gasteiger partial charge in [0.05, 0.1) is 11.6 Å². The van der Waals surface area contributed by atoms with Crippen molar-refractivity contribution >= 4 is 17.2 Å². The quantitative estimate of drug-likeness (QED) is 0.882. The van der Waals surface area contributed by atoms with Gasteiger partial charge in [-0.15, -0.1) is 0 Å². The summed E-state index contributed by atoms with van der Waals surface area (Å²) in [6.45, 7) is 8.60. The van der Waals surface area contributed by atoms with Crippen LogP contribution in [0.1, 0.15) is 55.2 Å². The maximum atomic E-state index is 12.0. The highest BCUT2D eigenvalue weighted by molar-refractivity contribution is 7.08. The Morgan fingerprint density at radius 1 is 1.15 bits per heavy atom. The number of carbonyl (C=O) groups is 1. The van der Waals surface area contributed by atoms with Gasteiger partial charge in [0, 0.05) is 5.38 Å². The minimum Gasteiger partial charge on any atom is -0.345 e. The molecule has 0 aliphatic heterocycles. The Hall–Kier alpha value is -1.61. The Balaban J connectivity index is 2.06. The zero-order valence-corrected chi connectivity index (χ0v) is 13.3. The normalized spacial score (nSPS) is 13.0. The Bertz CT molecular complexity index is 564. The van der Waals surface area contributed by atoms with Crippen LogP contribution in [-0.4, -0.2) is 5.91 Å². The number of thiophene rings is 1. The minimum absolute atomic E-state index is 0.0106. The van der Waals surface area contributed by atoms with Crippen molar-refractivity contribution in [2.24, 2.45) is 0 Å². The van der Waals surface area contributed by atoms with Crippen molar-refractivity contribution in [3.8, 4) is 0 Å². The van der Waals surface area contributed by atoms with Crippen LogP contribution < -0.4 is 5.32 Å². The molecule has 2 aromatic rings. The number of hydrogen-bond acceptors (Lipinski definition) is 2. The van der Waals surface area contributed by atoms with E-state index in [2.05, 4.69) is 50.4 Å². The van der Waals surface area contributed by atoms with Crippen LogP contribution in [-0.2, 0) is 5.41 Å². The molecule has 1 aromatic carbocycles. The van der Waals surface area contributed by atoms with Gasteiger partial charge in [0.1, 0.15) is 0 Å². The van der Waals surface area contributed by atoms with Crippen LogP contribution in [0.25, 0.3) is 0 Å². The molecule has 1 atom stereocenters. The van der Waals surface area contributed by atoms with E-state index >= 15 is 0 Å². The van der Waals surface area contributed by atoms with Crippen molar-refractivity contribution in [2.45, 2.75) is 39.2 Å². The summed E-state index contributed by atoms with van der Waals surface area (Å²) in [7, 11) is 0. The van der Waals surface area contributed by atoms with Gasteiger partial charge < -0.3 is 5.32 Å². The molecule has 1 aromatic heterocycles. The summed E-state index contributed by atoms with van der Waals surface area (Å²) in [6, 6.07) is 10.3. The SMILES string of the molecule is CC(NC(=O)c1ccsc1)c1ccc(C(C)(C)C)cc1. The molecule has 0 saturated carbocycles. The van der Waals surface area contributed by atoms with E-state index in [1.165, 1.54) is 16.9 Å². The fraction of sp³-hybridized carbons (Fsp3) is 0.353. The Morgan fingerprint density at radius 3 is 2.30 bits per heavy atom. The van der Waals surface area contributed by atoms with E-state index in [1.807, 2.05) is 23.8 Å². The molecule has 1 unspecified atom stereocenters. The Kier molecular flexibility index (Phi) is 4.29. The summed E-state index contributed by atoms with van der Waals surface area (Å²) in [4.78, 5) is 12.0. The molecule has 0 spiro atoms. The molecular formula is C17H21NOS. The molecule has 1 heterocycles. The number of carbonyl (C=O) groups excluding carboxylic acids is 1. The van der Waals surface area contributed by atoms with Crippen molar-refractivity contribution < 1.29 is 4.79 Å². The van der Waals surface area contributed by atoms with Gasteiger partial charge in [0.2, 0.25) is 0 Å².